The summed E-state index contributed by atoms with van der Waals surface area (Å²) in [6.07, 6.45) is 1.09. The van der Waals surface area contributed by atoms with Gasteiger partial charge in [-0.15, -0.1) is 0 Å². The maximum atomic E-state index is 12.0. The van der Waals surface area contributed by atoms with Gasteiger partial charge in [0.1, 0.15) is 12.7 Å². The van der Waals surface area contributed by atoms with Crippen molar-refractivity contribution in [3.05, 3.63) is 12.2 Å². The van der Waals surface area contributed by atoms with Crippen LogP contribution >= 0.6 is 0 Å². The van der Waals surface area contributed by atoms with Crippen molar-refractivity contribution in [3.8, 4) is 0 Å². The topological polar surface area (TPSA) is 134 Å². The highest BCUT2D eigenvalue weighted by atomic mass is 28.4. The number of carbonyl (C=O) groups is 3. The highest BCUT2D eigenvalue weighted by molar-refractivity contribution is 6.60. The first-order valence-corrected chi connectivity index (χ1v) is 16.0. The van der Waals surface area contributed by atoms with Gasteiger partial charge in [0, 0.05) is 45.8 Å². The van der Waals surface area contributed by atoms with Crippen molar-refractivity contribution in [2.24, 2.45) is 0 Å². The van der Waals surface area contributed by atoms with E-state index in [2.05, 4.69) is 6.58 Å². The number of carbonyl (C=O) groups excluding carboxylic acids is 3. The summed E-state index contributed by atoms with van der Waals surface area (Å²) in [6.45, 7) is 13.6. The van der Waals surface area contributed by atoms with Crippen LogP contribution in [0.15, 0.2) is 12.2 Å². The third kappa shape index (κ3) is 19.8. The number of hydrogen-bond acceptors (Lipinski definition) is 12. The zero-order valence-electron chi connectivity index (χ0n) is 26.2. The van der Waals surface area contributed by atoms with Crippen LogP contribution < -0.4 is 0 Å². The fraction of sp³-hybridized carbons (Fsp3) is 0.821. The van der Waals surface area contributed by atoms with E-state index in [1.807, 2.05) is 20.8 Å². The van der Waals surface area contributed by atoms with Crippen LogP contribution in [0.3, 0.4) is 0 Å². The first-order chi connectivity index (χ1) is 19.4. The highest BCUT2D eigenvalue weighted by Gasteiger charge is 2.36. The number of esters is 3. The summed E-state index contributed by atoms with van der Waals surface area (Å²) in [7, 11) is 2.09. The summed E-state index contributed by atoms with van der Waals surface area (Å²) >= 11 is 0. The molecule has 4 unspecified atom stereocenters. The van der Waals surface area contributed by atoms with Crippen molar-refractivity contribution >= 4 is 26.7 Å². The number of unbranched alkanes of at least 4 members (excludes halogenated alkanes) is 1. The largest absolute Gasteiger partial charge is 0.500 e. The number of ether oxygens (including phenoxy) is 6. The van der Waals surface area contributed by atoms with Crippen LogP contribution in [-0.4, -0.2) is 105 Å². The summed E-state index contributed by atoms with van der Waals surface area (Å²) < 4.78 is 48.9. The van der Waals surface area contributed by atoms with Gasteiger partial charge in [-0.1, -0.05) is 6.58 Å². The van der Waals surface area contributed by atoms with Crippen LogP contribution in [0.1, 0.15) is 66.7 Å². The summed E-state index contributed by atoms with van der Waals surface area (Å²) in [5.41, 5.74) is 0.316. The minimum absolute atomic E-state index is 0.133. The van der Waals surface area contributed by atoms with Gasteiger partial charge in [0.15, 0.2) is 0 Å². The summed E-state index contributed by atoms with van der Waals surface area (Å²) in [4.78, 5) is 35.2. The van der Waals surface area contributed by atoms with Gasteiger partial charge in [0.05, 0.1) is 44.7 Å². The van der Waals surface area contributed by atoms with Gasteiger partial charge in [-0.05, 0) is 53.9 Å². The van der Waals surface area contributed by atoms with E-state index in [0.29, 0.717) is 44.1 Å². The maximum Gasteiger partial charge on any atom is 0.500 e. The zero-order valence-corrected chi connectivity index (χ0v) is 27.2. The predicted octanol–water partition coefficient (Wildman–Crippen LogP) is 3.62. The second kappa shape index (κ2) is 22.7. The van der Waals surface area contributed by atoms with Crippen molar-refractivity contribution in [2.45, 2.75) is 97.2 Å². The van der Waals surface area contributed by atoms with Gasteiger partial charge in [-0.25, -0.2) is 4.79 Å². The van der Waals surface area contributed by atoms with E-state index >= 15 is 0 Å². The zero-order chi connectivity index (χ0) is 31.3. The molecular weight excluding hydrogens is 556 g/mol. The SMILES string of the molecule is C=C(C)C(=O)OCCCC(=O)OC(C)COC(C)COC(C)COC(C)COC(=O)CCCC[Si](OC)(OC)OC. The monoisotopic (exact) mass is 608 g/mol. The third-order valence-electron chi connectivity index (χ3n) is 5.81. The van der Waals surface area contributed by atoms with Crippen LogP contribution in [0.2, 0.25) is 6.04 Å². The lowest BCUT2D eigenvalue weighted by Gasteiger charge is -2.24. The second-order valence-electron chi connectivity index (χ2n) is 9.94. The molecule has 0 aromatic heterocycles. The Morgan fingerprint density at radius 2 is 1.15 bits per heavy atom. The van der Waals surface area contributed by atoms with Gasteiger partial charge in [0.2, 0.25) is 0 Å². The molecule has 240 valence electrons. The quantitative estimate of drug-likeness (QED) is 0.0492. The number of hydrogen-bond donors (Lipinski definition) is 0. The lowest BCUT2D eigenvalue weighted by molar-refractivity contribution is -0.154. The normalized spacial score (nSPS) is 14.5. The molecule has 0 amide bonds. The average molecular weight is 609 g/mol. The summed E-state index contributed by atoms with van der Waals surface area (Å²) in [5.74, 6) is -1.14. The Morgan fingerprint density at radius 3 is 1.66 bits per heavy atom. The van der Waals surface area contributed by atoms with Crippen LogP contribution in [0.5, 0.6) is 0 Å². The third-order valence-corrected chi connectivity index (χ3v) is 8.64. The van der Waals surface area contributed by atoms with E-state index in [-0.39, 0.29) is 56.5 Å². The van der Waals surface area contributed by atoms with Gasteiger partial charge >= 0.3 is 26.7 Å². The molecule has 0 rings (SSSR count). The Labute approximate surface area is 246 Å². The van der Waals surface area contributed by atoms with Crippen molar-refractivity contribution in [1.29, 1.82) is 0 Å². The van der Waals surface area contributed by atoms with E-state index in [0.717, 1.165) is 6.42 Å². The Hall–Kier alpha value is -1.87. The first-order valence-electron chi connectivity index (χ1n) is 14.1. The molecule has 0 radical (unpaired) electrons. The Morgan fingerprint density at radius 1 is 0.659 bits per heavy atom. The highest BCUT2D eigenvalue weighted by Crippen LogP contribution is 2.17. The van der Waals surface area contributed by atoms with Crippen LogP contribution in [0, 0.1) is 0 Å². The molecular formula is C28H52O12Si. The Kier molecular flexibility index (Phi) is 21.7. The molecule has 0 aliphatic rings. The molecule has 0 fully saturated rings. The van der Waals surface area contributed by atoms with Crippen LogP contribution in [-0.2, 0) is 56.1 Å². The van der Waals surface area contributed by atoms with Gasteiger partial charge < -0.3 is 41.7 Å². The summed E-state index contributed by atoms with van der Waals surface area (Å²) in [5, 5.41) is 0. The second-order valence-corrected chi connectivity index (χ2v) is 13.0. The lowest BCUT2D eigenvalue weighted by atomic mass is 10.2. The predicted molar refractivity (Wildman–Crippen MR) is 153 cm³/mol. The van der Waals surface area contributed by atoms with Gasteiger partial charge in [-0.3, -0.25) is 9.59 Å². The molecule has 12 nitrogen and oxygen atoms in total. The Balaban J connectivity index is 3.94. The first kappa shape index (κ1) is 39.1. The molecule has 0 aromatic rings. The van der Waals surface area contributed by atoms with Gasteiger partial charge in [-0.2, -0.15) is 0 Å². The molecule has 4 atom stereocenters. The van der Waals surface area contributed by atoms with Crippen molar-refractivity contribution < 1.29 is 56.1 Å². The molecule has 0 aromatic carbocycles. The molecule has 0 heterocycles. The molecule has 0 spiro atoms. The van der Waals surface area contributed by atoms with Crippen LogP contribution in [0.25, 0.3) is 0 Å². The fourth-order valence-electron chi connectivity index (χ4n) is 3.32. The van der Waals surface area contributed by atoms with Crippen molar-refractivity contribution in [3.63, 3.8) is 0 Å². The molecule has 13 heteroatoms. The lowest BCUT2D eigenvalue weighted by Crippen LogP contribution is -2.42. The maximum absolute atomic E-state index is 12.0. The molecule has 0 bridgehead atoms. The Bertz CT molecular complexity index is 750. The van der Waals surface area contributed by atoms with Gasteiger partial charge in [0.25, 0.3) is 0 Å². The van der Waals surface area contributed by atoms with E-state index in [9.17, 15) is 14.4 Å². The van der Waals surface area contributed by atoms with Crippen molar-refractivity contribution in [1.82, 2.24) is 0 Å². The standard InChI is InChI=1S/C28H52O12Si/c1-21(2)28(31)35-15-12-14-27(30)40-25(6)20-38-23(4)18-36-22(3)17-37-24(5)19-39-26(29)13-10-11-16-41(32-7,33-8)34-9/h22-25H,1,10-20H2,2-9H3. The van der Waals surface area contributed by atoms with E-state index < -0.39 is 20.9 Å². The van der Waals surface area contributed by atoms with Crippen molar-refractivity contribution in [2.75, 3.05) is 54.4 Å². The smallest absolute Gasteiger partial charge is 0.463 e. The average Bonchev–Trinajstić information content (AvgIpc) is 2.95. The number of rotatable bonds is 25. The minimum atomic E-state index is -2.61. The van der Waals surface area contributed by atoms with E-state index in [1.165, 1.54) is 0 Å². The molecule has 0 aliphatic carbocycles. The van der Waals surface area contributed by atoms with Crippen LogP contribution in [0.4, 0.5) is 0 Å². The molecule has 41 heavy (non-hydrogen) atoms. The molecule has 0 saturated carbocycles. The van der Waals surface area contributed by atoms with E-state index in [1.54, 1.807) is 35.2 Å². The molecule has 0 saturated heterocycles. The summed E-state index contributed by atoms with van der Waals surface area (Å²) in [6, 6.07) is 0.634. The fourth-order valence-corrected chi connectivity index (χ4v) is 5.11. The molecule has 0 N–H and O–H groups in total. The van der Waals surface area contributed by atoms with E-state index in [4.69, 9.17) is 41.7 Å². The molecule has 0 aliphatic heterocycles. The minimum Gasteiger partial charge on any atom is -0.463 e.